The molecule has 4 saturated carbocycles. The highest BCUT2D eigenvalue weighted by atomic mass is 32.2. The van der Waals surface area contributed by atoms with Crippen molar-refractivity contribution in [2.24, 2.45) is 56.4 Å². The summed E-state index contributed by atoms with van der Waals surface area (Å²) in [7, 11) is 0. The molecule has 8 heteroatoms. The molecular weight excluding hydrogens is 979 g/mol. The minimum absolute atomic E-state index is 0.0602. The van der Waals surface area contributed by atoms with Crippen LogP contribution in [0.2, 0.25) is 0 Å². The topological polar surface area (TPSA) is 68.1 Å². The van der Waals surface area contributed by atoms with Crippen LogP contribution in [0.5, 0.6) is 0 Å². The molecule has 12 atom stereocenters. The number of fused-ring (bicyclic) bond motifs is 4. The molecule has 2 spiro atoms. The molecular formula is C67H115NO4S3. The summed E-state index contributed by atoms with van der Waals surface area (Å²) in [6, 6.07) is 0. The van der Waals surface area contributed by atoms with Crippen LogP contribution in [-0.4, -0.2) is 59.6 Å². The van der Waals surface area contributed by atoms with Crippen molar-refractivity contribution >= 4 is 48.5 Å². The van der Waals surface area contributed by atoms with Gasteiger partial charge in [0.05, 0.1) is 23.5 Å². The van der Waals surface area contributed by atoms with E-state index in [1.807, 2.05) is 13.8 Å². The Bertz CT molecular complexity index is 2050. The minimum Gasteiger partial charge on any atom is -0.411 e. The lowest BCUT2D eigenvalue weighted by Gasteiger charge is -2.47. The second-order valence-corrected chi connectivity index (χ2v) is 33.6. The van der Waals surface area contributed by atoms with Gasteiger partial charge in [0.15, 0.2) is 0 Å². The predicted octanol–water partition coefficient (Wildman–Crippen LogP) is 19.8. The highest BCUT2D eigenvalue weighted by Crippen LogP contribution is 2.58. The van der Waals surface area contributed by atoms with Crippen LogP contribution >= 0.6 is 37.0 Å². The van der Waals surface area contributed by atoms with Crippen LogP contribution in [0.15, 0.2) is 52.3 Å². The molecule has 4 bridgehead atoms. The number of hydrogen-bond acceptors (Lipinski definition) is 8. The third-order valence-corrected chi connectivity index (χ3v) is 23.7. The Hall–Kier alpha value is -0.930. The van der Waals surface area contributed by atoms with Crippen LogP contribution in [0.25, 0.3) is 0 Å². The SMILES string of the molecule is CC12CCCC(C)(CC1)C2=NO.CC1=CCC(C(C)(C)S)CC1.CC1=CCCC(C)(C)C12CCC(C)O2.CC1CCC(C(C)(C)S)C(=O)C1.CC1CCC2CC1SC2(C)C.CCC1=CCCC(C)(C)C12C=CC(C)O2. The maximum atomic E-state index is 11.6. The summed E-state index contributed by atoms with van der Waals surface area (Å²) in [5.41, 5.74) is 6.51. The number of allylic oxidation sites excluding steroid dienone is 4. The minimum atomic E-state index is -0.128. The average molecular weight is 1090 g/mol. The van der Waals surface area contributed by atoms with Gasteiger partial charge in [0, 0.05) is 48.1 Å². The van der Waals surface area contributed by atoms with E-state index in [0.717, 1.165) is 48.0 Å². The summed E-state index contributed by atoms with van der Waals surface area (Å²) in [6.07, 6.45) is 38.1. The summed E-state index contributed by atoms with van der Waals surface area (Å²) >= 11 is 11.3. The Morgan fingerprint density at radius 2 is 1.37 bits per heavy atom. The molecule has 10 aliphatic rings. The van der Waals surface area contributed by atoms with E-state index in [-0.39, 0.29) is 49.0 Å². The zero-order valence-corrected chi connectivity index (χ0v) is 54.4. The van der Waals surface area contributed by atoms with Crippen LogP contribution in [0, 0.1) is 51.2 Å². The van der Waals surface area contributed by atoms with Gasteiger partial charge >= 0.3 is 0 Å². The lowest BCUT2D eigenvalue weighted by molar-refractivity contribution is -0.126. The van der Waals surface area contributed by atoms with Gasteiger partial charge in [-0.2, -0.15) is 37.0 Å². The molecule has 7 aliphatic carbocycles. The van der Waals surface area contributed by atoms with Crippen LogP contribution < -0.4 is 0 Å². The monoisotopic (exact) mass is 1090 g/mol. The Kier molecular flexibility index (Phi) is 22.0. The highest BCUT2D eigenvalue weighted by molar-refractivity contribution is 8.01. The molecule has 430 valence electrons. The van der Waals surface area contributed by atoms with Gasteiger partial charge in [0.25, 0.3) is 0 Å². The molecule has 10 rings (SSSR count). The summed E-state index contributed by atoms with van der Waals surface area (Å²) in [6.45, 7) is 42.9. The van der Waals surface area contributed by atoms with E-state index in [9.17, 15) is 4.79 Å². The highest BCUT2D eigenvalue weighted by Gasteiger charge is 2.54. The van der Waals surface area contributed by atoms with Crippen LogP contribution in [0.1, 0.15) is 266 Å². The number of carbonyl (C=O) groups excluding carboxylic acids is 1. The Morgan fingerprint density at radius 1 is 0.747 bits per heavy atom. The number of Topliss-reactive ketones (excluding diaryl/α,β-unsaturated/α-hetero) is 1. The third-order valence-electron chi connectivity index (χ3n) is 21.1. The largest absolute Gasteiger partial charge is 0.411 e. The molecule has 1 N–H and O–H groups in total. The van der Waals surface area contributed by atoms with Crippen LogP contribution in [0.3, 0.4) is 0 Å². The van der Waals surface area contributed by atoms with E-state index in [1.165, 1.54) is 127 Å². The van der Waals surface area contributed by atoms with Gasteiger partial charge < -0.3 is 14.7 Å². The molecule has 6 fully saturated rings. The molecule has 3 aliphatic heterocycles. The average Bonchev–Trinajstić information content (AvgIpc) is 4.01. The fraction of sp³-hybridized carbons (Fsp3) is 0.851. The Morgan fingerprint density at radius 3 is 1.84 bits per heavy atom. The molecule has 0 radical (unpaired) electrons. The Balaban J connectivity index is 0.000000167. The summed E-state index contributed by atoms with van der Waals surface area (Å²) in [5.74, 6) is 3.96. The van der Waals surface area contributed by atoms with Gasteiger partial charge in [-0.25, -0.2) is 0 Å². The number of oxime groups is 1. The zero-order chi connectivity index (χ0) is 56.2. The van der Waals surface area contributed by atoms with Crippen molar-refractivity contribution in [1.29, 1.82) is 0 Å². The molecule has 0 amide bonds. The van der Waals surface area contributed by atoms with Crippen molar-refractivity contribution in [3.8, 4) is 0 Å². The van der Waals surface area contributed by atoms with E-state index in [2.05, 4.69) is 190 Å². The molecule has 12 unspecified atom stereocenters. The molecule has 2 saturated heterocycles. The van der Waals surface area contributed by atoms with Crippen LogP contribution in [-0.2, 0) is 14.3 Å². The van der Waals surface area contributed by atoms with Gasteiger partial charge in [0.1, 0.15) is 11.4 Å². The van der Waals surface area contributed by atoms with Crippen molar-refractivity contribution < 1.29 is 19.5 Å². The molecule has 5 nitrogen and oxygen atoms in total. The number of ether oxygens (including phenoxy) is 2. The van der Waals surface area contributed by atoms with E-state index >= 15 is 0 Å². The number of carbonyl (C=O) groups is 1. The fourth-order valence-corrected chi connectivity index (χ4v) is 17.8. The normalized spacial score (nSPS) is 38.9. The summed E-state index contributed by atoms with van der Waals surface area (Å²) < 4.78 is 13.1. The fourth-order valence-electron chi connectivity index (χ4n) is 15.4. The molecule has 0 aromatic rings. The van der Waals surface area contributed by atoms with Crippen molar-refractivity contribution in [1.82, 2.24) is 0 Å². The number of nitrogens with zero attached hydrogens (tertiary/aromatic N) is 1. The van der Waals surface area contributed by atoms with E-state index in [4.69, 9.17) is 14.7 Å². The van der Waals surface area contributed by atoms with Gasteiger partial charge in [-0.05, 0) is 196 Å². The molecule has 0 aromatic heterocycles. The van der Waals surface area contributed by atoms with Gasteiger partial charge in [-0.1, -0.05) is 145 Å². The van der Waals surface area contributed by atoms with Crippen LogP contribution in [0.4, 0.5) is 0 Å². The molecule has 0 aromatic carbocycles. The third kappa shape index (κ3) is 15.3. The first kappa shape index (κ1) is 64.9. The van der Waals surface area contributed by atoms with E-state index in [0.29, 0.717) is 28.0 Å². The summed E-state index contributed by atoms with van der Waals surface area (Å²) in [4.78, 5) is 11.6. The van der Waals surface area contributed by atoms with Gasteiger partial charge in [-0.3, -0.25) is 4.79 Å². The Labute approximate surface area is 478 Å². The summed E-state index contributed by atoms with van der Waals surface area (Å²) in [5, 5.41) is 13.5. The predicted molar refractivity (Wildman–Crippen MR) is 332 cm³/mol. The number of rotatable bonds is 3. The second kappa shape index (κ2) is 25.5. The first-order valence-electron chi connectivity index (χ1n) is 30.6. The smallest absolute Gasteiger partial charge is 0.137 e. The van der Waals surface area contributed by atoms with E-state index < -0.39 is 0 Å². The standard InChI is InChI=1S/C14H22O.C13H22O.C10H17NO.C10H18OS.2C10H18S/c1-5-12-7-6-9-13(3,4)14(12)10-8-11(2)15-14;1-10-6-5-8-12(3,4)13(10)9-7-11(2)14-13;1-9-4-3-5-10(2,7-6-9)8(9)11-12;1-7-4-5-8(9(11)6-7)10(2,3)12;1-7-4-5-8-6-9(7)11-10(8,2)3;1-8-4-6-9(7-5-8)10(2,3)11/h7-8,10-11H,5-6,9H2,1-4H3;6,11H,5,7-9H2,1-4H3;12H,3-7H2,1-2H3;7-8,12H,4-6H2,1-3H3;7-9H,4-6H2,1-3H3;4,9,11H,5-7H2,1-3H3. The number of thiol groups is 2. The van der Waals surface area contributed by atoms with Crippen molar-refractivity contribution in [3.05, 3.63) is 47.1 Å². The molecule has 3 heterocycles. The number of hydrogen-bond donors (Lipinski definition) is 3. The number of ketones is 1. The van der Waals surface area contributed by atoms with E-state index in [1.54, 1.807) is 5.57 Å². The van der Waals surface area contributed by atoms with Gasteiger partial charge in [0.2, 0.25) is 0 Å². The molecule has 75 heavy (non-hydrogen) atoms. The quantitative estimate of drug-likeness (QED) is 0.114. The van der Waals surface area contributed by atoms with Crippen molar-refractivity contribution in [2.45, 2.75) is 309 Å². The maximum Gasteiger partial charge on any atom is 0.137 e. The lowest BCUT2D eigenvalue weighted by Crippen LogP contribution is -2.47. The van der Waals surface area contributed by atoms with Crippen molar-refractivity contribution in [3.63, 3.8) is 0 Å². The number of thioether (sulfide) groups is 1. The second-order valence-electron chi connectivity index (χ2n) is 29.4. The van der Waals surface area contributed by atoms with Gasteiger partial charge in [-0.15, -0.1) is 0 Å². The first-order chi connectivity index (χ1) is 34.6. The lowest BCUT2D eigenvalue weighted by atomic mass is 9.64. The van der Waals surface area contributed by atoms with Crippen molar-refractivity contribution in [2.75, 3.05) is 0 Å². The maximum absolute atomic E-state index is 11.6. The zero-order valence-electron chi connectivity index (χ0n) is 51.8. The first-order valence-corrected chi connectivity index (χ1v) is 32.3.